The standard InChI is InChI=1S/C75H146O17P2/c1-9-68(8)54-46-38-30-20-16-12-10-11-13-17-21-31-39-47-55-72(77)85-61-70(91-74(79)57-49-41-33-22-18-14-15-19-27-35-43-51-65(2)3)63-89-93(81,82)87-59-69(76)60-88-94(83,84)90-64-71(92-75(80)58-50-42-34-26-24-29-37-45-53-67(6)7)62-86-73(78)56-48-40-32-25-23-28-36-44-52-66(4)5/h65-71,76H,9-64H2,1-8H3,(H,81,82)(H,83,84)/t68?,69?,70-,71-/m1/s1. The van der Waals surface area contributed by atoms with Gasteiger partial charge >= 0.3 is 39.5 Å². The van der Waals surface area contributed by atoms with E-state index < -0.39 is 97.5 Å². The third kappa shape index (κ3) is 67.3. The van der Waals surface area contributed by atoms with Gasteiger partial charge in [-0.25, -0.2) is 9.13 Å². The van der Waals surface area contributed by atoms with Crippen LogP contribution in [0.4, 0.5) is 0 Å². The average Bonchev–Trinajstić information content (AvgIpc) is 1.99. The van der Waals surface area contributed by atoms with Gasteiger partial charge < -0.3 is 33.8 Å². The third-order valence-corrected chi connectivity index (χ3v) is 19.6. The SMILES string of the molecule is CCC(C)CCCCCCCCCCCCCCCCC(=O)OC[C@H](COP(=O)(O)OCC(O)COP(=O)(O)OC[C@@H](COC(=O)CCCCCCCCCCC(C)C)OC(=O)CCCCCCCCCCC(C)C)OC(=O)CCCCCCCCCCCCCC(C)C. The molecule has 558 valence electrons. The Balaban J connectivity index is 5.24. The molecule has 0 aromatic rings. The Morgan fingerprint density at radius 1 is 0.298 bits per heavy atom. The number of rotatable bonds is 72. The van der Waals surface area contributed by atoms with E-state index in [-0.39, 0.29) is 25.7 Å². The third-order valence-electron chi connectivity index (χ3n) is 17.7. The first-order valence-electron chi connectivity index (χ1n) is 38.7. The van der Waals surface area contributed by atoms with E-state index in [0.29, 0.717) is 25.7 Å². The molecule has 0 saturated carbocycles. The summed E-state index contributed by atoms with van der Waals surface area (Å²) in [5.41, 5.74) is 0. The van der Waals surface area contributed by atoms with Crippen LogP contribution in [0, 0.1) is 23.7 Å². The lowest BCUT2D eigenvalue weighted by Gasteiger charge is -2.21. The number of unbranched alkanes of at least 4 members (excludes halogenated alkanes) is 37. The molecule has 0 rings (SSSR count). The minimum atomic E-state index is -4.96. The van der Waals surface area contributed by atoms with E-state index in [1.165, 1.54) is 180 Å². The number of hydrogen-bond donors (Lipinski definition) is 3. The van der Waals surface area contributed by atoms with Gasteiger partial charge in [-0.15, -0.1) is 0 Å². The van der Waals surface area contributed by atoms with E-state index in [1.807, 2.05) is 0 Å². The van der Waals surface area contributed by atoms with Gasteiger partial charge in [-0.05, 0) is 49.4 Å². The van der Waals surface area contributed by atoms with Crippen LogP contribution in [0.1, 0.15) is 376 Å². The Labute approximate surface area is 575 Å². The summed E-state index contributed by atoms with van der Waals surface area (Å²) in [7, 11) is -9.91. The molecule has 0 spiro atoms. The molecule has 0 fully saturated rings. The predicted molar refractivity (Wildman–Crippen MR) is 381 cm³/mol. The van der Waals surface area contributed by atoms with Crippen molar-refractivity contribution in [1.29, 1.82) is 0 Å². The van der Waals surface area contributed by atoms with Gasteiger partial charge in [-0.3, -0.25) is 37.3 Å². The number of ether oxygens (including phenoxy) is 4. The molecule has 3 N–H and O–H groups in total. The normalized spacial score (nSPS) is 14.4. The Morgan fingerprint density at radius 3 is 0.755 bits per heavy atom. The van der Waals surface area contributed by atoms with Gasteiger partial charge in [0, 0.05) is 25.7 Å². The second kappa shape index (κ2) is 64.4. The largest absolute Gasteiger partial charge is 0.472 e. The topological polar surface area (TPSA) is 237 Å². The zero-order chi connectivity index (χ0) is 69.6. The van der Waals surface area contributed by atoms with E-state index in [4.69, 9.17) is 37.0 Å². The highest BCUT2D eigenvalue weighted by atomic mass is 31.2. The number of carbonyl (C=O) groups is 4. The molecule has 0 radical (unpaired) electrons. The smallest absolute Gasteiger partial charge is 0.462 e. The molecule has 0 aliphatic rings. The van der Waals surface area contributed by atoms with E-state index in [2.05, 4.69) is 55.4 Å². The second-order valence-electron chi connectivity index (χ2n) is 28.7. The molecule has 0 heterocycles. The van der Waals surface area contributed by atoms with Crippen LogP contribution in [-0.2, 0) is 65.4 Å². The Kier molecular flexibility index (Phi) is 63.1. The zero-order valence-electron chi connectivity index (χ0n) is 61.6. The fourth-order valence-corrected chi connectivity index (χ4v) is 12.9. The maximum atomic E-state index is 13.1. The van der Waals surface area contributed by atoms with Crippen LogP contribution in [0.5, 0.6) is 0 Å². The van der Waals surface area contributed by atoms with Crippen LogP contribution in [0.25, 0.3) is 0 Å². The van der Waals surface area contributed by atoms with Crippen LogP contribution in [0.15, 0.2) is 0 Å². The van der Waals surface area contributed by atoms with E-state index in [0.717, 1.165) is 114 Å². The van der Waals surface area contributed by atoms with Crippen molar-refractivity contribution in [1.82, 2.24) is 0 Å². The van der Waals surface area contributed by atoms with E-state index in [1.54, 1.807) is 0 Å². The molecule has 6 atom stereocenters. The van der Waals surface area contributed by atoms with Crippen LogP contribution in [0.3, 0.4) is 0 Å². The number of hydrogen-bond acceptors (Lipinski definition) is 15. The number of carbonyl (C=O) groups excluding carboxylic acids is 4. The average molecular weight is 1380 g/mol. The highest BCUT2D eigenvalue weighted by molar-refractivity contribution is 7.47. The fraction of sp³-hybridized carbons (Fsp3) is 0.947. The molecule has 17 nitrogen and oxygen atoms in total. The summed E-state index contributed by atoms with van der Waals surface area (Å²) < 4.78 is 68.5. The van der Waals surface area contributed by atoms with Crippen LogP contribution in [-0.4, -0.2) is 96.7 Å². The molecular formula is C75H146O17P2. The summed E-state index contributed by atoms with van der Waals surface area (Å²) in [6.07, 6.45) is 48.6. The molecule has 0 aliphatic heterocycles. The Bertz CT molecular complexity index is 1850. The zero-order valence-corrected chi connectivity index (χ0v) is 63.4. The minimum Gasteiger partial charge on any atom is -0.462 e. The van der Waals surface area contributed by atoms with Gasteiger partial charge in [0.25, 0.3) is 0 Å². The monoisotopic (exact) mass is 1380 g/mol. The molecule has 0 saturated heterocycles. The van der Waals surface area contributed by atoms with E-state index >= 15 is 0 Å². The summed E-state index contributed by atoms with van der Waals surface area (Å²) in [6, 6.07) is 0. The van der Waals surface area contributed by atoms with Gasteiger partial charge in [0.05, 0.1) is 26.4 Å². The lowest BCUT2D eigenvalue weighted by atomic mass is 9.99. The van der Waals surface area contributed by atoms with Crippen molar-refractivity contribution in [3.05, 3.63) is 0 Å². The predicted octanol–water partition coefficient (Wildman–Crippen LogP) is 21.7. The maximum absolute atomic E-state index is 13.1. The molecule has 19 heteroatoms. The lowest BCUT2D eigenvalue weighted by Crippen LogP contribution is -2.30. The first-order valence-corrected chi connectivity index (χ1v) is 41.7. The summed E-state index contributed by atoms with van der Waals surface area (Å²) in [6.45, 7) is 14.2. The van der Waals surface area contributed by atoms with Crippen LogP contribution < -0.4 is 0 Å². The van der Waals surface area contributed by atoms with Crippen molar-refractivity contribution in [2.24, 2.45) is 23.7 Å². The first kappa shape index (κ1) is 92.1. The molecule has 0 aromatic heterocycles. The van der Waals surface area contributed by atoms with E-state index in [9.17, 15) is 43.2 Å². The molecule has 94 heavy (non-hydrogen) atoms. The minimum absolute atomic E-state index is 0.104. The number of phosphoric ester groups is 2. The molecular weight excluding hydrogens is 1230 g/mol. The summed E-state index contributed by atoms with van der Waals surface area (Å²) in [5.74, 6) is 0.936. The molecule has 0 amide bonds. The maximum Gasteiger partial charge on any atom is 0.472 e. The van der Waals surface area contributed by atoms with Gasteiger partial charge in [-0.2, -0.15) is 0 Å². The molecule has 0 bridgehead atoms. The number of aliphatic hydroxyl groups excluding tert-OH is 1. The lowest BCUT2D eigenvalue weighted by molar-refractivity contribution is -0.161. The summed E-state index contributed by atoms with van der Waals surface area (Å²) in [4.78, 5) is 72.8. The van der Waals surface area contributed by atoms with Gasteiger partial charge in [0.15, 0.2) is 12.2 Å². The molecule has 0 aromatic carbocycles. The summed E-state index contributed by atoms with van der Waals surface area (Å²) in [5, 5.41) is 10.6. The quantitative estimate of drug-likeness (QED) is 0.0222. The first-order chi connectivity index (χ1) is 45.1. The number of esters is 4. The van der Waals surface area contributed by atoms with Crippen molar-refractivity contribution >= 4 is 39.5 Å². The Hall–Kier alpha value is -1.94. The van der Waals surface area contributed by atoms with Crippen molar-refractivity contribution in [2.45, 2.75) is 395 Å². The molecule has 4 unspecified atom stereocenters. The van der Waals surface area contributed by atoms with Crippen molar-refractivity contribution in [3.8, 4) is 0 Å². The van der Waals surface area contributed by atoms with Gasteiger partial charge in [0.1, 0.15) is 19.3 Å². The van der Waals surface area contributed by atoms with Crippen molar-refractivity contribution < 1.29 is 80.2 Å². The van der Waals surface area contributed by atoms with Crippen molar-refractivity contribution in [2.75, 3.05) is 39.6 Å². The number of aliphatic hydroxyl groups is 1. The van der Waals surface area contributed by atoms with Gasteiger partial charge in [-0.1, -0.05) is 325 Å². The Morgan fingerprint density at radius 2 is 0.511 bits per heavy atom. The highest BCUT2D eigenvalue weighted by Crippen LogP contribution is 2.45. The van der Waals surface area contributed by atoms with Crippen LogP contribution in [0.2, 0.25) is 0 Å². The number of phosphoric acid groups is 2. The van der Waals surface area contributed by atoms with Crippen LogP contribution >= 0.6 is 15.6 Å². The summed E-state index contributed by atoms with van der Waals surface area (Å²) >= 11 is 0. The molecule has 0 aliphatic carbocycles. The fourth-order valence-electron chi connectivity index (χ4n) is 11.3. The second-order valence-corrected chi connectivity index (χ2v) is 31.6. The van der Waals surface area contributed by atoms with Crippen molar-refractivity contribution in [3.63, 3.8) is 0 Å². The van der Waals surface area contributed by atoms with Gasteiger partial charge in [0.2, 0.25) is 0 Å². The highest BCUT2D eigenvalue weighted by Gasteiger charge is 2.30.